The molecule has 17 heavy (non-hydrogen) atoms. The maximum atomic E-state index is 9.44. The van der Waals surface area contributed by atoms with Crippen molar-refractivity contribution in [1.82, 2.24) is 0 Å². The summed E-state index contributed by atoms with van der Waals surface area (Å²) in [6.45, 7) is 3.76. The van der Waals surface area contributed by atoms with Crippen molar-refractivity contribution in [2.45, 2.75) is 31.1 Å². The Morgan fingerprint density at radius 1 is 1.35 bits per heavy atom. The first-order valence-corrected chi connectivity index (χ1v) is 6.75. The lowest BCUT2D eigenvalue weighted by molar-refractivity contribution is 0.196. The van der Waals surface area contributed by atoms with Crippen LogP contribution in [0.2, 0.25) is 0 Å². The van der Waals surface area contributed by atoms with Crippen molar-refractivity contribution < 1.29 is 5.11 Å². The van der Waals surface area contributed by atoms with Crippen molar-refractivity contribution in [3.05, 3.63) is 35.9 Å². The molecule has 0 bridgehead atoms. The first-order valence-electron chi connectivity index (χ1n) is 5.71. The van der Waals surface area contributed by atoms with Gasteiger partial charge in [0.15, 0.2) is 0 Å². The van der Waals surface area contributed by atoms with Crippen molar-refractivity contribution in [2.75, 3.05) is 5.75 Å². The Hall–Kier alpha value is -1.00. The van der Waals surface area contributed by atoms with E-state index >= 15 is 0 Å². The molecule has 3 nitrogen and oxygen atoms in total. The first-order chi connectivity index (χ1) is 8.02. The quantitative estimate of drug-likeness (QED) is 0.537. The summed E-state index contributed by atoms with van der Waals surface area (Å²) in [5.74, 6) is 0.842. The lowest BCUT2D eigenvalue weighted by Crippen LogP contribution is -2.25. The van der Waals surface area contributed by atoms with Crippen LogP contribution < -0.4 is 5.73 Å². The van der Waals surface area contributed by atoms with Crippen molar-refractivity contribution in [1.29, 1.82) is 5.41 Å². The summed E-state index contributed by atoms with van der Waals surface area (Å²) in [4.78, 5) is 0. The van der Waals surface area contributed by atoms with E-state index < -0.39 is 0 Å². The average Bonchev–Trinajstić information content (AvgIpc) is 2.29. The summed E-state index contributed by atoms with van der Waals surface area (Å²) in [7, 11) is 0. The zero-order chi connectivity index (χ0) is 12.8. The molecule has 0 saturated carbocycles. The van der Waals surface area contributed by atoms with E-state index in [1.54, 1.807) is 18.7 Å². The summed E-state index contributed by atoms with van der Waals surface area (Å²) < 4.78 is 0. The van der Waals surface area contributed by atoms with Crippen LogP contribution in [0.1, 0.15) is 25.3 Å². The van der Waals surface area contributed by atoms with Gasteiger partial charge in [0, 0.05) is 16.9 Å². The highest BCUT2D eigenvalue weighted by molar-refractivity contribution is 8.00. The van der Waals surface area contributed by atoms with Crippen LogP contribution in [0.5, 0.6) is 0 Å². The molecule has 94 valence electrons. The highest BCUT2D eigenvalue weighted by atomic mass is 32.2. The van der Waals surface area contributed by atoms with Gasteiger partial charge in [-0.15, -0.1) is 0 Å². The van der Waals surface area contributed by atoms with Crippen LogP contribution in [0.25, 0.3) is 0 Å². The minimum atomic E-state index is -0.344. The number of hydrogen-bond acceptors (Lipinski definition) is 3. The maximum Gasteiger partial charge on any atom is 0.0990 e. The van der Waals surface area contributed by atoms with Gasteiger partial charge in [-0.1, -0.05) is 37.3 Å². The smallest absolute Gasteiger partial charge is 0.0990 e. The van der Waals surface area contributed by atoms with Gasteiger partial charge in [0.05, 0.1) is 11.9 Å². The predicted octanol–water partition coefficient (Wildman–Crippen LogP) is 2.21. The number of thioether (sulfide) groups is 1. The van der Waals surface area contributed by atoms with Crippen LogP contribution in [-0.4, -0.2) is 28.0 Å². The van der Waals surface area contributed by atoms with Gasteiger partial charge < -0.3 is 10.8 Å². The summed E-state index contributed by atoms with van der Waals surface area (Å²) in [5.41, 5.74) is 6.70. The van der Waals surface area contributed by atoms with Gasteiger partial charge in [-0.3, -0.25) is 5.41 Å². The highest BCUT2D eigenvalue weighted by Crippen LogP contribution is 2.24. The van der Waals surface area contributed by atoms with Gasteiger partial charge in [0.25, 0.3) is 0 Å². The molecular weight excluding hydrogens is 232 g/mol. The van der Waals surface area contributed by atoms with Gasteiger partial charge in [-0.25, -0.2) is 0 Å². The van der Waals surface area contributed by atoms with E-state index in [0.717, 1.165) is 11.3 Å². The molecule has 4 N–H and O–H groups in total. The second-order valence-corrected chi connectivity index (χ2v) is 5.61. The molecule has 1 aromatic rings. The Morgan fingerprint density at radius 2 is 1.94 bits per heavy atom. The lowest BCUT2D eigenvalue weighted by atomic mass is 10.0. The highest BCUT2D eigenvalue weighted by Gasteiger charge is 2.18. The van der Waals surface area contributed by atoms with Crippen molar-refractivity contribution in [2.24, 2.45) is 5.73 Å². The molecule has 0 aromatic heterocycles. The molecule has 0 aliphatic rings. The van der Waals surface area contributed by atoms with Crippen LogP contribution in [0.3, 0.4) is 0 Å². The number of aliphatic hydroxyl groups is 1. The third-order valence-corrected chi connectivity index (χ3v) is 4.23. The molecule has 0 aliphatic carbocycles. The van der Waals surface area contributed by atoms with E-state index in [9.17, 15) is 5.11 Å². The molecule has 3 atom stereocenters. The topological polar surface area (TPSA) is 70.1 Å². The molecule has 0 heterocycles. The maximum absolute atomic E-state index is 9.44. The average molecular weight is 252 g/mol. The summed E-state index contributed by atoms with van der Waals surface area (Å²) in [5, 5.41) is 17.2. The van der Waals surface area contributed by atoms with Crippen molar-refractivity contribution >= 4 is 17.6 Å². The molecule has 0 amide bonds. The summed E-state index contributed by atoms with van der Waals surface area (Å²) in [6, 6.07) is 9.83. The molecule has 0 spiro atoms. The minimum Gasteiger partial charge on any atom is -0.392 e. The third-order valence-electron chi connectivity index (χ3n) is 2.78. The SMILES string of the molecule is CC(O)C(C)SCC(C(=N)N)c1ccccc1. The van der Waals surface area contributed by atoms with Gasteiger partial charge >= 0.3 is 0 Å². The van der Waals surface area contributed by atoms with E-state index in [-0.39, 0.29) is 23.1 Å². The van der Waals surface area contributed by atoms with Gasteiger partial charge in [-0.05, 0) is 12.5 Å². The second kappa shape index (κ2) is 6.67. The monoisotopic (exact) mass is 252 g/mol. The van der Waals surface area contributed by atoms with Crippen LogP contribution in [0, 0.1) is 5.41 Å². The molecule has 3 unspecified atom stereocenters. The van der Waals surface area contributed by atoms with E-state index in [4.69, 9.17) is 11.1 Å². The van der Waals surface area contributed by atoms with Gasteiger partial charge in [0.2, 0.25) is 0 Å². The number of hydrogen-bond donors (Lipinski definition) is 3. The molecular formula is C13H20N2OS. The lowest BCUT2D eigenvalue weighted by Gasteiger charge is -2.19. The Balaban J connectivity index is 2.66. The fourth-order valence-electron chi connectivity index (χ4n) is 1.44. The fraction of sp³-hybridized carbons (Fsp3) is 0.462. The zero-order valence-electron chi connectivity index (χ0n) is 10.3. The minimum absolute atomic E-state index is 0.0672. The van der Waals surface area contributed by atoms with E-state index in [1.165, 1.54) is 0 Å². The van der Waals surface area contributed by atoms with Gasteiger partial charge in [-0.2, -0.15) is 11.8 Å². The van der Waals surface area contributed by atoms with Crippen LogP contribution in [0.4, 0.5) is 0 Å². The summed E-state index contributed by atoms with van der Waals surface area (Å²) >= 11 is 1.64. The number of amidine groups is 1. The fourth-order valence-corrected chi connectivity index (χ4v) is 2.58. The molecule has 1 aromatic carbocycles. The van der Waals surface area contributed by atoms with Crippen LogP contribution in [0.15, 0.2) is 30.3 Å². The number of nitrogens with one attached hydrogen (secondary N) is 1. The molecule has 0 fully saturated rings. The molecule has 0 radical (unpaired) electrons. The number of nitrogens with two attached hydrogens (primary N) is 1. The zero-order valence-corrected chi connectivity index (χ0v) is 11.1. The third kappa shape index (κ3) is 4.40. The first kappa shape index (κ1) is 14.1. The van der Waals surface area contributed by atoms with Crippen molar-refractivity contribution in [3.8, 4) is 0 Å². The largest absolute Gasteiger partial charge is 0.392 e. The van der Waals surface area contributed by atoms with E-state index in [1.807, 2.05) is 37.3 Å². The van der Waals surface area contributed by atoms with E-state index in [2.05, 4.69) is 0 Å². The van der Waals surface area contributed by atoms with Gasteiger partial charge in [0.1, 0.15) is 0 Å². The number of aliphatic hydroxyl groups excluding tert-OH is 1. The molecule has 4 heteroatoms. The van der Waals surface area contributed by atoms with E-state index in [0.29, 0.717) is 0 Å². The molecule has 0 saturated heterocycles. The van der Waals surface area contributed by atoms with Crippen LogP contribution in [-0.2, 0) is 0 Å². The Kier molecular flexibility index (Phi) is 5.51. The number of rotatable bonds is 6. The second-order valence-electron chi connectivity index (χ2n) is 4.20. The molecule has 0 aliphatic heterocycles. The predicted molar refractivity (Wildman–Crippen MR) is 74.7 cm³/mol. The standard InChI is InChI=1S/C13H20N2OS/c1-9(16)10(2)17-8-12(13(14)15)11-6-4-3-5-7-11/h3-7,9-10,12,16H,8H2,1-2H3,(H3,14,15). The Labute approximate surface area is 107 Å². The Bertz CT molecular complexity index is 354. The van der Waals surface area contributed by atoms with Crippen LogP contribution >= 0.6 is 11.8 Å². The normalized spacial score (nSPS) is 16.2. The van der Waals surface area contributed by atoms with Crippen molar-refractivity contribution in [3.63, 3.8) is 0 Å². The summed E-state index contributed by atoms with van der Waals surface area (Å²) in [6.07, 6.45) is -0.344. The Morgan fingerprint density at radius 3 is 2.41 bits per heavy atom. The number of benzene rings is 1. The molecule has 1 rings (SSSR count).